The van der Waals surface area contributed by atoms with E-state index in [0.29, 0.717) is 6.54 Å². The molecule has 2 rings (SSSR count). The number of hydrogen-bond acceptors (Lipinski definition) is 6. The molecular weight excluding hydrogens is 253 g/mol. The molecule has 0 aliphatic rings. The fraction of sp³-hybridized carbons (Fsp3) is 0.273. The Kier molecular flexibility index (Phi) is 3.73. The lowest BCUT2D eigenvalue weighted by Crippen LogP contribution is -2.12. The maximum absolute atomic E-state index is 13.4. The highest BCUT2D eigenvalue weighted by Gasteiger charge is 2.07. The van der Waals surface area contributed by atoms with E-state index >= 15 is 0 Å². The molecule has 0 radical (unpaired) electrons. The second kappa shape index (κ2) is 5.28. The van der Waals surface area contributed by atoms with Gasteiger partial charge in [-0.3, -0.25) is 5.43 Å². The van der Waals surface area contributed by atoms with Crippen LogP contribution in [0.3, 0.4) is 0 Å². The number of nitrogens with one attached hydrogen (secondary N) is 2. The first kappa shape index (κ1) is 12.7. The Hall–Kier alpha value is -1.73. The van der Waals surface area contributed by atoms with Gasteiger partial charge in [0.05, 0.1) is 12.7 Å². The van der Waals surface area contributed by atoms with Gasteiger partial charge in [-0.25, -0.2) is 15.2 Å². The highest BCUT2D eigenvalue weighted by atomic mass is 32.1. The highest BCUT2D eigenvalue weighted by molar-refractivity contribution is 7.12. The Morgan fingerprint density at radius 1 is 1.44 bits per heavy atom. The molecule has 0 fully saturated rings. The summed E-state index contributed by atoms with van der Waals surface area (Å²) in [5, 5.41) is 2.93. The van der Waals surface area contributed by atoms with Crippen molar-refractivity contribution in [2.24, 2.45) is 5.84 Å². The molecule has 0 aliphatic heterocycles. The molecule has 96 valence electrons. The maximum atomic E-state index is 13.4. The van der Waals surface area contributed by atoms with E-state index in [9.17, 15) is 4.39 Å². The summed E-state index contributed by atoms with van der Waals surface area (Å²) in [7, 11) is 0. The summed E-state index contributed by atoms with van der Waals surface area (Å²) in [6.07, 6.45) is 1.08. The molecule has 2 aromatic heterocycles. The molecule has 2 aromatic rings. The van der Waals surface area contributed by atoms with Crippen LogP contribution in [0.1, 0.15) is 15.3 Å². The summed E-state index contributed by atoms with van der Waals surface area (Å²) in [5.74, 6) is 4.99. The van der Waals surface area contributed by atoms with Crippen molar-refractivity contribution in [1.82, 2.24) is 9.97 Å². The lowest BCUT2D eigenvalue weighted by molar-refractivity contribution is 0.617. The Labute approximate surface area is 108 Å². The lowest BCUT2D eigenvalue weighted by Gasteiger charge is -2.06. The van der Waals surface area contributed by atoms with Crippen LogP contribution in [0.5, 0.6) is 0 Å². The van der Waals surface area contributed by atoms with Crippen LogP contribution in [0, 0.1) is 19.7 Å². The lowest BCUT2D eigenvalue weighted by atomic mass is 10.3. The first-order chi connectivity index (χ1) is 8.60. The fourth-order valence-corrected chi connectivity index (χ4v) is 2.46. The Morgan fingerprint density at radius 2 is 2.22 bits per heavy atom. The predicted octanol–water partition coefficient (Wildman–Crippen LogP) is 2.19. The summed E-state index contributed by atoms with van der Waals surface area (Å²) >= 11 is 1.68. The molecule has 0 bridgehead atoms. The average Bonchev–Trinajstić information content (AvgIpc) is 2.68. The fourth-order valence-electron chi connectivity index (χ4n) is 1.47. The van der Waals surface area contributed by atoms with Gasteiger partial charge < -0.3 is 5.32 Å². The molecule has 18 heavy (non-hydrogen) atoms. The van der Waals surface area contributed by atoms with Crippen molar-refractivity contribution >= 4 is 23.1 Å². The summed E-state index contributed by atoms with van der Waals surface area (Å²) in [6.45, 7) is 4.64. The van der Waals surface area contributed by atoms with Crippen molar-refractivity contribution in [2.45, 2.75) is 20.4 Å². The van der Waals surface area contributed by atoms with Crippen molar-refractivity contribution < 1.29 is 4.39 Å². The number of anilines is 2. The van der Waals surface area contributed by atoms with Gasteiger partial charge in [-0.1, -0.05) is 0 Å². The Morgan fingerprint density at radius 3 is 2.83 bits per heavy atom. The second-order valence-corrected chi connectivity index (χ2v) is 5.18. The van der Waals surface area contributed by atoms with Gasteiger partial charge in [-0.05, 0) is 25.5 Å². The Balaban J connectivity index is 2.10. The van der Waals surface area contributed by atoms with Crippen LogP contribution in [0.2, 0.25) is 0 Å². The number of nitrogen functional groups attached to an aromatic ring is 1. The first-order valence-electron chi connectivity index (χ1n) is 5.39. The van der Waals surface area contributed by atoms with E-state index in [1.807, 2.05) is 0 Å². The summed E-state index contributed by atoms with van der Waals surface area (Å²) in [5.41, 5.74) is 3.52. The summed E-state index contributed by atoms with van der Waals surface area (Å²) < 4.78 is 13.4. The second-order valence-electron chi connectivity index (χ2n) is 3.84. The van der Waals surface area contributed by atoms with Gasteiger partial charge in [0.25, 0.3) is 0 Å². The SMILES string of the molecule is Cc1cc(CNc2nc(NN)ncc2F)sc1C. The molecule has 5 nitrogen and oxygen atoms in total. The third-order valence-corrected chi connectivity index (χ3v) is 3.67. The minimum Gasteiger partial charge on any atom is -0.363 e. The molecule has 0 saturated heterocycles. The van der Waals surface area contributed by atoms with Crippen molar-refractivity contribution in [3.63, 3.8) is 0 Å². The molecule has 2 heterocycles. The van der Waals surface area contributed by atoms with Gasteiger partial charge in [0.2, 0.25) is 5.95 Å². The third-order valence-electron chi connectivity index (χ3n) is 2.52. The zero-order valence-corrected chi connectivity index (χ0v) is 10.9. The monoisotopic (exact) mass is 267 g/mol. The van der Waals surface area contributed by atoms with E-state index in [1.54, 1.807) is 11.3 Å². The van der Waals surface area contributed by atoms with E-state index in [0.717, 1.165) is 11.1 Å². The number of nitrogens with two attached hydrogens (primary N) is 1. The van der Waals surface area contributed by atoms with E-state index < -0.39 is 5.82 Å². The zero-order valence-electron chi connectivity index (χ0n) is 10.1. The molecule has 7 heteroatoms. The van der Waals surface area contributed by atoms with E-state index in [1.165, 1.54) is 10.4 Å². The number of rotatable bonds is 4. The minimum absolute atomic E-state index is 0.140. The van der Waals surface area contributed by atoms with Gasteiger partial charge >= 0.3 is 0 Å². The van der Waals surface area contributed by atoms with Crippen LogP contribution in [-0.2, 0) is 6.54 Å². The standard InChI is InChI=1S/C11H14FN5S/c1-6-3-8(18-7(6)2)4-14-10-9(12)5-15-11(16-10)17-13/h3,5H,4,13H2,1-2H3,(H2,14,15,16,17). The van der Waals surface area contributed by atoms with Crippen molar-refractivity contribution in [1.29, 1.82) is 0 Å². The van der Waals surface area contributed by atoms with Crippen LogP contribution < -0.4 is 16.6 Å². The average molecular weight is 267 g/mol. The third kappa shape index (κ3) is 2.74. The van der Waals surface area contributed by atoms with Crippen LogP contribution in [0.25, 0.3) is 0 Å². The number of nitrogens with zero attached hydrogens (tertiary/aromatic N) is 2. The van der Waals surface area contributed by atoms with Gasteiger partial charge in [-0.15, -0.1) is 11.3 Å². The van der Waals surface area contributed by atoms with Crippen LogP contribution in [-0.4, -0.2) is 9.97 Å². The normalized spacial score (nSPS) is 10.4. The minimum atomic E-state index is -0.501. The molecule has 0 unspecified atom stereocenters. The first-order valence-corrected chi connectivity index (χ1v) is 6.20. The predicted molar refractivity (Wildman–Crippen MR) is 70.9 cm³/mol. The molecule has 4 N–H and O–H groups in total. The summed E-state index contributed by atoms with van der Waals surface area (Å²) in [4.78, 5) is 9.97. The van der Waals surface area contributed by atoms with Gasteiger partial charge in [-0.2, -0.15) is 4.98 Å². The molecule has 0 saturated carbocycles. The van der Waals surface area contributed by atoms with E-state index in [-0.39, 0.29) is 11.8 Å². The quantitative estimate of drug-likeness (QED) is 0.585. The molecule has 0 aliphatic carbocycles. The van der Waals surface area contributed by atoms with Crippen molar-refractivity contribution in [3.8, 4) is 0 Å². The number of hydrogen-bond donors (Lipinski definition) is 3. The Bertz CT molecular complexity index is 535. The molecule has 0 atom stereocenters. The number of aromatic nitrogens is 2. The summed E-state index contributed by atoms with van der Waals surface area (Å²) in [6, 6.07) is 2.08. The van der Waals surface area contributed by atoms with Gasteiger partial charge in [0.15, 0.2) is 11.6 Å². The van der Waals surface area contributed by atoms with E-state index in [2.05, 4.69) is 40.6 Å². The number of hydrazine groups is 1. The van der Waals surface area contributed by atoms with Crippen molar-refractivity contribution in [2.75, 3.05) is 10.7 Å². The molecular formula is C11H14FN5S. The molecule has 0 aromatic carbocycles. The number of aryl methyl sites for hydroxylation is 2. The van der Waals surface area contributed by atoms with Gasteiger partial charge in [0.1, 0.15) is 0 Å². The zero-order chi connectivity index (χ0) is 13.1. The van der Waals surface area contributed by atoms with Gasteiger partial charge in [0, 0.05) is 9.75 Å². The van der Waals surface area contributed by atoms with Crippen LogP contribution in [0.4, 0.5) is 16.2 Å². The highest BCUT2D eigenvalue weighted by Crippen LogP contribution is 2.22. The topological polar surface area (TPSA) is 75.9 Å². The maximum Gasteiger partial charge on any atom is 0.239 e. The van der Waals surface area contributed by atoms with Crippen LogP contribution >= 0.6 is 11.3 Å². The smallest absolute Gasteiger partial charge is 0.239 e. The molecule has 0 amide bonds. The van der Waals surface area contributed by atoms with Crippen molar-refractivity contribution in [3.05, 3.63) is 33.4 Å². The van der Waals surface area contributed by atoms with E-state index in [4.69, 9.17) is 5.84 Å². The number of halogens is 1. The van der Waals surface area contributed by atoms with Crippen LogP contribution in [0.15, 0.2) is 12.3 Å². The largest absolute Gasteiger partial charge is 0.363 e. The molecule has 0 spiro atoms. The number of thiophene rings is 1.